The Hall–Kier alpha value is -4.37. The van der Waals surface area contributed by atoms with Gasteiger partial charge in [-0.15, -0.1) is 0 Å². The minimum Gasteiger partial charge on any atom is -0.341 e. The number of hydrogen-bond acceptors (Lipinski definition) is 7. The number of aromatic nitrogens is 4. The summed E-state index contributed by atoms with van der Waals surface area (Å²) in [6.07, 6.45) is 1.45. The highest BCUT2D eigenvalue weighted by atomic mass is 35.5. The number of pyridine rings is 2. The van der Waals surface area contributed by atoms with Gasteiger partial charge in [-0.25, -0.2) is 31.9 Å². The standard InChI is InChI=1S/C38H40ClF5N8O2/c1-18(2)51-17-46-25-12-23(47-32(30(25)51)48-24-11-22(27(39)29(42)28(24)41)33(53)49-38(7-8-38)34(43)44)19-10-26-31(45-15-19)36(3,4)35(54)52(26)21-13-37(5,14-21)50-9-6-20(40)16-50/h10-12,15,17-18,20-21,34H,6-9,13-14,16H2,1-5H3,(H,47,48)(H,49,53). The molecular weight excluding hydrogens is 731 g/mol. The highest BCUT2D eigenvalue weighted by molar-refractivity contribution is 6.34. The average molecular weight is 771 g/mol. The molecule has 1 unspecified atom stereocenters. The van der Waals surface area contributed by atoms with Gasteiger partial charge in [0.1, 0.15) is 17.2 Å². The molecule has 10 nitrogen and oxygen atoms in total. The molecule has 2 aliphatic carbocycles. The third-order valence-electron chi connectivity index (χ3n) is 11.7. The highest BCUT2D eigenvalue weighted by Crippen LogP contribution is 2.50. The van der Waals surface area contributed by atoms with Crippen molar-refractivity contribution in [1.29, 1.82) is 0 Å². The molecule has 3 aromatic heterocycles. The molecule has 5 heterocycles. The first-order valence-corrected chi connectivity index (χ1v) is 18.5. The van der Waals surface area contributed by atoms with Crippen LogP contribution < -0.4 is 15.5 Å². The lowest BCUT2D eigenvalue weighted by atomic mass is 9.72. The zero-order valence-electron chi connectivity index (χ0n) is 30.4. The number of nitrogens with zero attached hydrogens (tertiary/aromatic N) is 6. The van der Waals surface area contributed by atoms with Crippen molar-refractivity contribution in [2.24, 2.45) is 0 Å². The fraction of sp³-hybridized carbons (Fsp3) is 0.500. The van der Waals surface area contributed by atoms with Gasteiger partial charge in [-0.2, -0.15) is 0 Å². The first-order chi connectivity index (χ1) is 25.4. The Morgan fingerprint density at radius 3 is 2.41 bits per heavy atom. The van der Waals surface area contributed by atoms with Crippen molar-refractivity contribution in [3.8, 4) is 11.3 Å². The molecule has 0 radical (unpaired) electrons. The molecule has 16 heteroatoms. The predicted molar refractivity (Wildman–Crippen MR) is 194 cm³/mol. The van der Waals surface area contributed by atoms with Crippen LogP contribution in [0.15, 0.2) is 30.7 Å². The molecule has 0 bridgehead atoms. The summed E-state index contributed by atoms with van der Waals surface area (Å²) in [5.41, 5.74) is -0.832. The van der Waals surface area contributed by atoms with Crippen LogP contribution in [0.1, 0.15) is 88.8 Å². The Bertz CT molecular complexity index is 2220. The van der Waals surface area contributed by atoms with Gasteiger partial charge in [0.05, 0.1) is 50.6 Å². The summed E-state index contributed by atoms with van der Waals surface area (Å²) in [5, 5.41) is 4.23. The third-order valence-corrected chi connectivity index (χ3v) is 12.1. The number of rotatable bonds is 9. The van der Waals surface area contributed by atoms with Crippen molar-refractivity contribution in [1.82, 2.24) is 29.7 Å². The zero-order chi connectivity index (χ0) is 38.6. The SMILES string of the molecule is CC(C)n1cnc2cc(-c3cnc4c(c3)N(C3CC(C)(N5CCC(F)C5)C3)C(=O)C4(C)C)nc(Nc3cc(C(=O)NC4(C(F)F)CC4)c(Cl)c(F)c3F)c21. The van der Waals surface area contributed by atoms with Crippen LogP contribution in [-0.4, -0.2) is 79.0 Å². The summed E-state index contributed by atoms with van der Waals surface area (Å²) >= 11 is 6.05. The van der Waals surface area contributed by atoms with Gasteiger partial charge >= 0.3 is 0 Å². The highest BCUT2D eigenvalue weighted by Gasteiger charge is 2.56. The molecular formula is C38H40ClF5N8O2. The predicted octanol–water partition coefficient (Wildman–Crippen LogP) is 7.87. The van der Waals surface area contributed by atoms with E-state index in [1.54, 1.807) is 28.1 Å². The molecule has 4 aromatic rings. The van der Waals surface area contributed by atoms with E-state index in [0.717, 1.165) is 6.07 Å². The van der Waals surface area contributed by atoms with Crippen molar-refractivity contribution in [3.63, 3.8) is 0 Å². The number of fused-ring (bicyclic) bond motifs is 2. The van der Waals surface area contributed by atoms with Crippen molar-refractivity contribution < 1.29 is 31.5 Å². The zero-order valence-corrected chi connectivity index (χ0v) is 31.2. The van der Waals surface area contributed by atoms with Gasteiger partial charge < -0.3 is 20.1 Å². The van der Waals surface area contributed by atoms with E-state index in [2.05, 4.69) is 27.4 Å². The Morgan fingerprint density at radius 2 is 1.78 bits per heavy atom. The molecule has 1 atom stereocenters. The van der Waals surface area contributed by atoms with Gasteiger partial charge in [-0.1, -0.05) is 11.6 Å². The van der Waals surface area contributed by atoms with Crippen LogP contribution in [0.4, 0.5) is 39.1 Å². The minimum atomic E-state index is -2.85. The Kier molecular flexibility index (Phi) is 8.53. The minimum absolute atomic E-state index is 0.0388. The number of anilines is 3. The maximum absolute atomic E-state index is 15.6. The smallest absolute Gasteiger partial charge is 0.261 e. The molecule has 286 valence electrons. The van der Waals surface area contributed by atoms with Gasteiger partial charge in [0, 0.05) is 42.5 Å². The van der Waals surface area contributed by atoms with Crippen LogP contribution in [0.2, 0.25) is 5.02 Å². The summed E-state index contributed by atoms with van der Waals surface area (Å²) in [6, 6.07) is 4.30. The van der Waals surface area contributed by atoms with Gasteiger partial charge in [-0.3, -0.25) is 19.5 Å². The monoisotopic (exact) mass is 770 g/mol. The molecule has 54 heavy (non-hydrogen) atoms. The van der Waals surface area contributed by atoms with E-state index in [1.807, 2.05) is 33.8 Å². The van der Waals surface area contributed by atoms with E-state index in [-0.39, 0.29) is 42.2 Å². The van der Waals surface area contributed by atoms with Crippen molar-refractivity contribution in [2.75, 3.05) is 23.3 Å². The first-order valence-electron chi connectivity index (χ1n) is 18.1. The lowest BCUT2D eigenvalue weighted by Crippen LogP contribution is -2.62. The number of nitrogens with one attached hydrogen (secondary N) is 2. The Labute approximate surface area is 313 Å². The quantitative estimate of drug-likeness (QED) is 0.132. The van der Waals surface area contributed by atoms with E-state index in [9.17, 15) is 22.8 Å². The lowest BCUT2D eigenvalue weighted by molar-refractivity contribution is -0.123. The molecule has 2 amide bonds. The topological polar surface area (TPSA) is 108 Å². The van der Waals surface area contributed by atoms with E-state index >= 15 is 8.78 Å². The molecule has 1 aromatic carbocycles. The fourth-order valence-electron chi connectivity index (χ4n) is 8.24. The van der Waals surface area contributed by atoms with Crippen LogP contribution in [0.3, 0.4) is 0 Å². The number of carbonyl (C=O) groups excluding carboxylic acids is 2. The number of hydrogen-bond donors (Lipinski definition) is 2. The summed E-state index contributed by atoms with van der Waals surface area (Å²) < 4.78 is 74.0. The summed E-state index contributed by atoms with van der Waals surface area (Å²) in [7, 11) is 0. The second-order valence-corrected chi connectivity index (χ2v) is 16.6. The normalized spacial score (nSPS) is 24.4. The largest absolute Gasteiger partial charge is 0.341 e. The number of imidazole rings is 1. The second-order valence-electron chi connectivity index (χ2n) is 16.2. The van der Waals surface area contributed by atoms with Gasteiger partial charge in [0.2, 0.25) is 5.91 Å². The van der Waals surface area contributed by atoms with Crippen molar-refractivity contribution >= 4 is 51.6 Å². The molecule has 2 saturated carbocycles. The van der Waals surface area contributed by atoms with Crippen LogP contribution in [0, 0.1) is 11.6 Å². The number of halogens is 6. The van der Waals surface area contributed by atoms with E-state index in [1.165, 1.54) is 0 Å². The average Bonchev–Trinajstić information content (AvgIpc) is 3.45. The number of likely N-dealkylation sites (tertiary alicyclic amines) is 1. The third kappa shape index (κ3) is 5.71. The van der Waals surface area contributed by atoms with Gasteiger partial charge in [0.15, 0.2) is 17.5 Å². The van der Waals surface area contributed by atoms with E-state index < -0.39 is 57.4 Å². The number of alkyl halides is 3. The Morgan fingerprint density at radius 1 is 1.06 bits per heavy atom. The van der Waals surface area contributed by atoms with E-state index in [0.29, 0.717) is 66.0 Å². The summed E-state index contributed by atoms with van der Waals surface area (Å²) in [5.74, 6) is -4.02. The maximum atomic E-state index is 15.6. The van der Waals surface area contributed by atoms with E-state index in [4.69, 9.17) is 21.6 Å². The molecule has 3 fully saturated rings. The number of carbonyl (C=O) groups is 2. The molecule has 8 rings (SSSR count). The van der Waals surface area contributed by atoms with Crippen LogP contribution in [-0.2, 0) is 10.2 Å². The van der Waals surface area contributed by atoms with Crippen LogP contribution >= 0.6 is 11.6 Å². The van der Waals surface area contributed by atoms with Crippen molar-refractivity contribution in [2.45, 2.75) is 108 Å². The fourth-order valence-corrected chi connectivity index (χ4v) is 8.46. The lowest BCUT2D eigenvalue weighted by Gasteiger charge is -2.53. The maximum Gasteiger partial charge on any atom is 0.261 e. The molecule has 0 spiro atoms. The Balaban J connectivity index is 1.17. The number of benzene rings is 1. The van der Waals surface area contributed by atoms with Crippen LogP contribution in [0.5, 0.6) is 0 Å². The first kappa shape index (κ1) is 36.6. The second kappa shape index (κ2) is 12.6. The number of amides is 2. The van der Waals surface area contributed by atoms with Crippen LogP contribution in [0.25, 0.3) is 22.3 Å². The van der Waals surface area contributed by atoms with Gasteiger partial charge in [0.25, 0.3) is 12.3 Å². The molecule has 4 aliphatic rings. The van der Waals surface area contributed by atoms with Gasteiger partial charge in [-0.05, 0) is 84.9 Å². The summed E-state index contributed by atoms with van der Waals surface area (Å²) in [4.78, 5) is 45.2. The molecule has 1 saturated heterocycles. The summed E-state index contributed by atoms with van der Waals surface area (Å²) in [6.45, 7) is 10.7. The molecule has 2 N–H and O–H groups in total. The van der Waals surface area contributed by atoms with Crippen molar-refractivity contribution in [3.05, 3.63) is 58.6 Å². The molecule has 2 aliphatic heterocycles.